The molecule has 0 aliphatic carbocycles. The Bertz CT molecular complexity index is 1030. The lowest BCUT2D eigenvalue weighted by molar-refractivity contribution is -0.913. The maximum atomic E-state index is 12.9. The van der Waals surface area contributed by atoms with Crippen LogP contribution in [-0.4, -0.2) is 39.1 Å². The standard InChI is InChI=1S/C19H23N3O4S2/c1-3-22-10-9-12-14(11-22)27-19(16(12)17(20)23)21-18(24)13-7-5-6-8-15(13)28(25,26)4-2/h5-8H,3-4,9-11H2,1-2H3,(H2,20,23)(H,21,24)/p+1. The number of rotatable bonds is 6. The minimum Gasteiger partial charge on any atom is -0.365 e. The molecule has 150 valence electrons. The summed E-state index contributed by atoms with van der Waals surface area (Å²) in [4.78, 5) is 27.4. The van der Waals surface area contributed by atoms with Gasteiger partial charge in [-0.25, -0.2) is 8.42 Å². The van der Waals surface area contributed by atoms with E-state index < -0.39 is 21.7 Å². The molecule has 0 spiro atoms. The number of quaternary nitrogens is 1. The topological polar surface area (TPSA) is 111 Å². The zero-order chi connectivity index (χ0) is 20.5. The normalized spacial score (nSPS) is 16.4. The summed E-state index contributed by atoms with van der Waals surface area (Å²) in [5.41, 5.74) is 6.91. The maximum absolute atomic E-state index is 12.9. The maximum Gasteiger partial charge on any atom is 0.257 e. The second-order valence-corrected chi connectivity index (χ2v) is 10.1. The first-order valence-corrected chi connectivity index (χ1v) is 11.7. The van der Waals surface area contributed by atoms with Gasteiger partial charge in [-0.1, -0.05) is 19.1 Å². The number of carbonyl (C=O) groups is 2. The van der Waals surface area contributed by atoms with Gasteiger partial charge >= 0.3 is 0 Å². The van der Waals surface area contributed by atoms with E-state index in [1.165, 1.54) is 35.3 Å². The van der Waals surface area contributed by atoms with Crippen LogP contribution in [0.5, 0.6) is 0 Å². The molecule has 0 fully saturated rings. The van der Waals surface area contributed by atoms with Crippen molar-refractivity contribution in [1.82, 2.24) is 0 Å². The van der Waals surface area contributed by atoms with Crippen molar-refractivity contribution in [1.29, 1.82) is 0 Å². The molecule has 2 heterocycles. The summed E-state index contributed by atoms with van der Waals surface area (Å²) in [5.74, 6) is -1.25. The second-order valence-electron chi connectivity index (χ2n) is 6.71. The molecule has 0 saturated heterocycles. The molecular formula is C19H24N3O4S2+. The van der Waals surface area contributed by atoms with Gasteiger partial charge in [0.1, 0.15) is 11.5 Å². The first kappa shape index (κ1) is 20.5. The number of amides is 2. The summed E-state index contributed by atoms with van der Waals surface area (Å²) in [5, 5.41) is 3.13. The van der Waals surface area contributed by atoms with E-state index in [1.807, 2.05) is 0 Å². The summed E-state index contributed by atoms with van der Waals surface area (Å²) in [6.45, 7) is 6.31. The van der Waals surface area contributed by atoms with E-state index >= 15 is 0 Å². The molecule has 3 rings (SSSR count). The van der Waals surface area contributed by atoms with Crippen molar-refractivity contribution in [2.24, 2.45) is 5.73 Å². The number of fused-ring (bicyclic) bond motifs is 1. The third-order valence-corrected chi connectivity index (χ3v) is 7.98. The fraction of sp³-hybridized carbons (Fsp3) is 0.368. The van der Waals surface area contributed by atoms with Crippen molar-refractivity contribution in [2.45, 2.75) is 31.7 Å². The minimum absolute atomic E-state index is 0.0152. The van der Waals surface area contributed by atoms with E-state index in [2.05, 4.69) is 12.2 Å². The lowest BCUT2D eigenvalue weighted by atomic mass is 10.0. The molecule has 0 radical (unpaired) electrons. The van der Waals surface area contributed by atoms with Gasteiger partial charge in [-0.3, -0.25) is 9.59 Å². The van der Waals surface area contributed by atoms with Gasteiger partial charge in [0.25, 0.3) is 11.8 Å². The monoisotopic (exact) mass is 422 g/mol. The summed E-state index contributed by atoms with van der Waals surface area (Å²) in [6, 6.07) is 6.09. The highest BCUT2D eigenvalue weighted by Crippen LogP contribution is 2.35. The Hall–Kier alpha value is -2.23. The predicted molar refractivity (Wildman–Crippen MR) is 109 cm³/mol. The first-order valence-electron chi connectivity index (χ1n) is 9.19. The van der Waals surface area contributed by atoms with E-state index in [4.69, 9.17) is 5.73 Å². The number of likely N-dealkylation sites (N-methyl/N-ethyl adjacent to an activating group) is 1. The lowest BCUT2D eigenvalue weighted by Gasteiger charge is -2.22. The molecule has 28 heavy (non-hydrogen) atoms. The third-order valence-electron chi connectivity index (χ3n) is 5.05. The van der Waals surface area contributed by atoms with Crippen LogP contribution in [0.4, 0.5) is 5.00 Å². The van der Waals surface area contributed by atoms with Crippen LogP contribution in [-0.2, 0) is 22.8 Å². The van der Waals surface area contributed by atoms with Crippen molar-refractivity contribution >= 4 is 38.0 Å². The van der Waals surface area contributed by atoms with Crippen molar-refractivity contribution in [3.8, 4) is 0 Å². The number of carbonyl (C=O) groups excluding carboxylic acids is 2. The molecule has 4 N–H and O–H groups in total. The number of hydrogen-bond acceptors (Lipinski definition) is 5. The zero-order valence-corrected chi connectivity index (χ0v) is 17.5. The average molecular weight is 423 g/mol. The first-order chi connectivity index (χ1) is 13.3. The molecule has 2 aromatic rings. The Kier molecular flexibility index (Phi) is 5.87. The molecule has 1 aliphatic rings. The van der Waals surface area contributed by atoms with E-state index in [0.717, 1.165) is 36.5 Å². The van der Waals surface area contributed by atoms with E-state index in [1.54, 1.807) is 12.1 Å². The van der Waals surface area contributed by atoms with Crippen molar-refractivity contribution in [2.75, 3.05) is 24.2 Å². The van der Waals surface area contributed by atoms with Crippen LogP contribution in [0.25, 0.3) is 0 Å². The highest BCUT2D eigenvalue weighted by atomic mass is 32.2. The van der Waals surface area contributed by atoms with Gasteiger partial charge in [0.2, 0.25) is 0 Å². The average Bonchev–Trinajstić information content (AvgIpc) is 3.04. The number of nitrogens with one attached hydrogen (secondary N) is 2. The van der Waals surface area contributed by atoms with Gasteiger partial charge in [0, 0.05) is 6.42 Å². The Morgan fingerprint density at radius 2 is 1.96 bits per heavy atom. The number of nitrogens with two attached hydrogens (primary N) is 1. The van der Waals surface area contributed by atoms with Gasteiger partial charge in [-0.05, 0) is 24.6 Å². The van der Waals surface area contributed by atoms with Gasteiger partial charge in [-0.2, -0.15) is 0 Å². The third kappa shape index (κ3) is 3.82. The second kappa shape index (κ2) is 8.02. The number of thiophene rings is 1. The smallest absolute Gasteiger partial charge is 0.257 e. The SMILES string of the molecule is CC[NH+]1CCc2c(sc(NC(=O)c3ccccc3S(=O)(=O)CC)c2C(N)=O)C1. The molecule has 9 heteroatoms. The summed E-state index contributed by atoms with van der Waals surface area (Å²) < 4.78 is 24.7. The number of anilines is 1. The highest BCUT2D eigenvalue weighted by molar-refractivity contribution is 7.91. The van der Waals surface area contributed by atoms with Gasteiger partial charge in [0.15, 0.2) is 9.84 Å². The molecule has 1 atom stereocenters. The summed E-state index contributed by atoms with van der Waals surface area (Å²) in [7, 11) is -3.56. The number of primary amides is 1. The number of sulfone groups is 1. The van der Waals surface area contributed by atoms with Crippen LogP contribution in [0.15, 0.2) is 29.2 Å². The van der Waals surface area contributed by atoms with Crippen LogP contribution in [0.1, 0.15) is 45.0 Å². The van der Waals surface area contributed by atoms with Gasteiger partial charge in [-0.15, -0.1) is 11.3 Å². The van der Waals surface area contributed by atoms with Crippen LogP contribution in [0.3, 0.4) is 0 Å². The van der Waals surface area contributed by atoms with Gasteiger partial charge < -0.3 is 16.0 Å². The molecule has 0 bridgehead atoms. The molecule has 1 aliphatic heterocycles. The molecule has 1 aromatic carbocycles. The number of benzene rings is 1. The Morgan fingerprint density at radius 3 is 2.61 bits per heavy atom. The van der Waals surface area contributed by atoms with Crippen LogP contribution in [0.2, 0.25) is 0 Å². The molecule has 2 amide bonds. The van der Waals surface area contributed by atoms with Crippen LogP contribution < -0.4 is 16.0 Å². The van der Waals surface area contributed by atoms with Crippen molar-refractivity contribution in [3.05, 3.63) is 45.8 Å². The lowest BCUT2D eigenvalue weighted by Crippen LogP contribution is -3.11. The zero-order valence-electron chi connectivity index (χ0n) is 15.9. The van der Waals surface area contributed by atoms with Gasteiger partial charge in [0.05, 0.1) is 39.7 Å². The van der Waals surface area contributed by atoms with Crippen LogP contribution >= 0.6 is 11.3 Å². The Labute approximate surface area is 168 Å². The molecule has 7 nitrogen and oxygen atoms in total. The molecule has 1 aromatic heterocycles. The summed E-state index contributed by atoms with van der Waals surface area (Å²) >= 11 is 1.35. The fourth-order valence-electron chi connectivity index (χ4n) is 3.44. The molecule has 1 unspecified atom stereocenters. The van der Waals surface area contributed by atoms with E-state index in [9.17, 15) is 18.0 Å². The van der Waals surface area contributed by atoms with Crippen molar-refractivity contribution < 1.29 is 22.9 Å². The summed E-state index contributed by atoms with van der Waals surface area (Å²) in [6.07, 6.45) is 0.726. The Morgan fingerprint density at radius 1 is 1.25 bits per heavy atom. The predicted octanol–water partition coefficient (Wildman–Crippen LogP) is 0.854. The van der Waals surface area contributed by atoms with Crippen molar-refractivity contribution in [3.63, 3.8) is 0 Å². The minimum atomic E-state index is -3.56. The molecular weight excluding hydrogens is 398 g/mol. The van der Waals surface area contributed by atoms with E-state index in [0.29, 0.717) is 10.6 Å². The highest BCUT2D eigenvalue weighted by Gasteiger charge is 2.30. The Balaban J connectivity index is 1.99. The van der Waals surface area contributed by atoms with E-state index in [-0.39, 0.29) is 16.2 Å². The molecule has 0 saturated carbocycles. The largest absolute Gasteiger partial charge is 0.365 e. The van der Waals surface area contributed by atoms with Crippen LogP contribution in [0, 0.1) is 0 Å². The fourth-order valence-corrected chi connectivity index (χ4v) is 5.85. The quantitative estimate of drug-likeness (QED) is 0.641. The number of hydrogen-bond donors (Lipinski definition) is 3.